The number of hydrogen-bond donors (Lipinski definition) is 1. The van der Waals surface area contributed by atoms with E-state index < -0.39 is 0 Å². The minimum absolute atomic E-state index is 0.0269. The molecule has 1 saturated heterocycles. The summed E-state index contributed by atoms with van der Waals surface area (Å²) < 4.78 is 1.92. The molecule has 3 aromatic heterocycles. The first-order valence-corrected chi connectivity index (χ1v) is 12.2. The molecule has 1 aliphatic rings. The Hall–Kier alpha value is -4.01. The zero-order valence-corrected chi connectivity index (χ0v) is 21.5. The lowest BCUT2D eigenvalue weighted by Gasteiger charge is -2.34. The summed E-state index contributed by atoms with van der Waals surface area (Å²) in [7, 11) is 1.93. The van der Waals surface area contributed by atoms with E-state index in [9.17, 15) is 4.79 Å². The highest BCUT2D eigenvalue weighted by atomic mass is 16.2. The monoisotopic (exact) mass is 484 g/mol. The van der Waals surface area contributed by atoms with Crippen LogP contribution in [0.2, 0.25) is 0 Å². The Morgan fingerprint density at radius 1 is 1.06 bits per heavy atom. The molecule has 0 radical (unpaired) electrons. The molecule has 1 fully saturated rings. The lowest BCUT2D eigenvalue weighted by Crippen LogP contribution is -2.50. The van der Waals surface area contributed by atoms with Crippen molar-refractivity contribution in [2.24, 2.45) is 7.05 Å². The number of fused-ring (bicyclic) bond motifs is 1. The molecule has 1 aliphatic heterocycles. The lowest BCUT2D eigenvalue weighted by atomic mass is 9.86. The molecule has 0 unspecified atom stereocenters. The summed E-state index contributed by atoms with van der Waals surface area (Å²) in [5.74, 6) is 1.23. The van der Waals surface area contributed by atoms with Crippen molar-refractivity contribution in [2.45, 2.75) is 39.7 Å². The average Bonchev–Trinajstić information content (AvgIpc) is 3.22. The number of carbonyl (C=O) groups is 1. The molecule has 36 heavy (non-hydrogen) atoms. The van der Waals surface area contributed by atoms with Crippen LogP contribution in [-0.4, -0.2) is 54.9 Å². The third-order valence-electron chi connectivity index (χ3n) is 6.64. The molecule has 1 aromatic carbocycles. The second kappa shape index (κ2) is 9.22. The number of anilines is 3. The maximum absolute atomic E-state index is 13.0. The molecular formula is C27H32N8O. The quantitative estimate of drug-likeness (QED) is 0.458. The summed E-state index contributed by atoms with van der Waals surface area (Å²) in [6.07, 6.45) is 5.24. The summed E-state index contributed by atoms with van der Waals surface area (Å²) in [4.78, 5) is 34.9. The van der Waals surface area contributed by atoms with Crippen LogP contribution in [0.5, 0.6) is 0 Å². The van der Waals surface area contributed by atoms with Gasteiger partial charge in [-0.25, -0.2) is 4.98 Å². The molecule has 1 N–H and O–H groups in total. The maximum Gasteiger partial charge on any atom is 0.242 e. The molecule has 0 atom stereocenters. The Morgan fingerprint density at radius 3 is 2.56 bits per heavy atom. The van der Waals surface area contributed by atoms with Crippen LogP contribution in [0.15, 0.2) is 49.1 Å². The van der Waals surface area contributed by atoms with E-state index in [0.717, 1.165) is 22.3 Å². The number of piperazine rings is 1. The fourth-order valence-electron chi connectivity index (χ4n) is 4.38. The highest BCUT2D eigenvalue weighted by molar-refractivity contribution is 5.88. The van der Waals surface area contributed by atoms with Crippen molar-refractivity contribution >= 4 is 34.5 Å². The number of aromatic nitrogens is 5. The van der Waals surface area contributed by atoms with Crippen molar-refractivity contribution in [1.82, 2.24) is 29.4 Å². The van der Waals surface area contributed by atoms with Gasteiger partial charge in [0.2, 0.25) is 11.9 Å². The van der Waals surface area contributed by atoms with Crippen LogP contribution in [0, 0.1) is 6.92 Å². The third-order valence-corrected chi connectivity index (χ3v) is 6.64. The van der Waals surface area contributed by atoms with Gasteiger partial charge in [-0.2, -0.15) is 9.97 Å². The number of hydrogen-bond acceptors (Lipinski definition) is 7. The van der Waals surface area contributed by atoms with Crippen molar-refractivity contribution in [2.75, 3.05) is 29.9 Å². The predicted molar refractivity (Wildman–Crippen MR) is 141 cm³/mol. The number of nitrogens with one attached hydrogen (secondary N) is 1. The van der Waals surface area contributed by atoms with Gasteiger partial charge < -0.3 is 19.7 Å². The van der Waals surface area contributed by atoms with E-state index in [1.165, 1.54) is 5.56 Å². The molecule has 9 heteroatoms. The lowest BCUT2D eigenvalue weighted by molar-refractivity contribution is -0.131. The molecule has 0 aliphatic carbocycles. The second-order valence-electron chi connectivity index (χ2n) is 10.4. The van der Waals surface area contributed by atoms with Crippen LogP contribution in [0.3, 0.4) is 0 Å². The van der Waals surface area contributed by atoms with Gasteiger partial charge in [-0.15, -0.1) is 0 Å². The predicted octanol–water partition coefficient (Wildman–Crippen LogP) is 3.96. The van der Waals surface area contributed by atoms with E-state index in [4.69, 9.17) is 9.97 Å². The Balaban J connectivity index is 1.43. The van der Waals surface area contributed by atoms with Crippen molar-refractivity contribution in [1.29, 1.82) is 0 Å². The number of benzene rings is 1. The number of pyridine rings is 1. The van der Waals surface area contributed by atoms with Gasteiger partial charge in [-0.1, -0.05) is 32.9 Å². The highest BCUT2D eigenvalue weighted by Gasteiger charge is 2.27. The Kier molecular flexibility index (Phi) is 6.07. The first kappa shape index (κ1) is 23.7. The van der Waals surface area contributed by atoms with E-state index in [-0.39, 0.29) is 17.9 Å². The van der Waals surface area contributed by atoms with Gasteiger partial charge in [0.25, 0.3) is 0 Å². The molecule has 5 rings (SSSR count). The number of nitrogens with zero attached hydrogens (tertiary/aromatic N) is 7. The summed E-state index contributed by atoms with van der Waals surface area (Å²) in [6.45, 7) is 10.7. The first-order chi connectivity index (χ1) is 17.2. The highest BCUT2D eigenvalue weighted by Crippen LogP contribution is 2.31. The number of carbonyl (C=O) groups excluding carboxylic acids is 1. The number of rotatable bonds is 5. The fourth-order valence-corrected chi connectivity index (χ4v) is 4.38. The van der Waals surface area contributed by atoms with Crippen LogP contribution in [0.1, 0.15) is 37.5 Å². The van der Waals surface area contributed by atoms with Crippen molar-refractivity contribution in [3.8, 4) is 0 Å². The van der Waals surface area contributed by atoms with Gasteiger partial charge >= 0.3 is 0 Å². The summed E-state index contributed by atoms with van der Waals surface area (Å²) in [5.41, 5.74) is 5.87. The molecule has 0 bridgehead atoms. The summed E-state index contributed by atoms with van der Waals surface area (Å²) in [5, 5.41) is 3.55. The summed E-state index contributed by atoms with van der Waals surface area (Å²) in [6, 6.07) is 10.4. The largest absolute Gasteiger partial charge is 0.338 e. The third kappa shape index (κ3) is 4.73. The normalized spacial score (nSPS) is 14.5. The van der Waals surface area contributed by atoms with Crippen molar-refractivity contribution < 1.29 is 4.79 Å². The molecular weight excluding hydrogens is 452 g/mol. The van der Waals surface area contributed by atoms with Crippen LogP contribution in [-0.2, 0) is 23.8 Å². The van der Waals surface area contributed by atoms with E-state index in [1.54, 1.807) is 18.7 Å². The second-order valence-corrected chi connectivity index (χ2v) is 10.4. The minimum atomic E-state index is 0.0269. The zero-order chi connectivity index (χ0) is 25.4. The van der Waals surface area contributed by atoms with Crippen molar-refractivity contribution in [3.05, 3.63) is 65.7 Å². The van der Waals surface area contributed by atoms with Crippen LogP contribution in [0.4, 0.5) is 17.5 Å². The maximum atomic E-state index is 13.0. The zero-order valence-electron chi connectivity index (χ0n) is 21.5. The molecule has 0 spiro atoms. The molecule has 4 heterocycles. The molecule has 9 nitrogen and oxygen atoms in total. The fraction of sp³-hybridized carbons (Fsp3) is 0.370. The van der Waals surface area contributed by atoms with Crippen LogP contribution in [0.25, 0.3) is 11.2 Å². The number of imidazole rings is 1. The minimum Gasteiger partial charge on any atom is -0.338 e. The van der Waals surface area contributed by atoms with Gasteiger partial charge in [0.1, 0.15) is 12.1 Å². The number of amides is 1. The topological polar surface area (TPSA) is 92.1 Å². The van der Waals surface area contributed by atoms with E-state index in [0.29, 0.717) is 37.0 Å². The molecule has 186 valence electrons. The Bertz CT molecular complexity index is 1410. The van der Waals surface area contributed by atoms with Crippen LogP contribution < -0.4 is 10.2 Å². The smallest absolute Gasteiger partial charge is 0.242 e. The molecule has 1 amide bonds. The van der Waals surface area contributed by atoms with E-state index in [1.807, 2.05) is 33.5 Å². The van der Waals surface area contributed by atoms with Gasteiger partial charge in [-0.05, 0) is 47.2 Å². The van der Waals surface area contributed by atoms with Gasteiger partial charge in [0.05, 0.1) is 6.33 Å². The Labute approximate surface area is 211 Å². The average molecular weight is 485 g/mol. The van der Waals surface area contributed by atoms with Crippen molar-refractivity contribution in [3.63, 3.8) is 0 Å². The molecule has 0 saturated carbocycles. The van der Waals surface area contributed by atoms with Gasteiger partial charge in [0, 0.05) is 44.8 Å². The Morgan fingerprint density at radius 2 is 1.83 bits per heavy atom. The van der Waals surface area contributed by atoms with Crippen LogP contribution >= 0.6 is 0 Å². The standard InChI is InChI=1S/C27H32N8O/c1-18-6-7-20(27(2,3)4)14-21(18)30-25-23-24(29-17-33(23)5)31-26(32-25)35-13-12-34(22(36)16-35)15-19-8-10-28-11-9-19/h6-11,14,17H,12-13,15-16H2,1-5H3,(H,30,31,32). The summed E-state index contributed by atoms with van der Waals surface area (Å²) >= 11 is 0. The van der Waals surface area contributed by atoms with E-state index in [2.05, 4.69) is 61.2 Å². The first-order valence-electron chi connectivity index (χ1n) is 12.2. The van der Waals surface area contributed by atoms with E-state index >= 15 is 0 Å². The SMILES string of the molecule is Cc1ccc(C(C)(C)C)cc1Nc1nc(N2CCN(Cc3ccncc3)C(=O)C2)nc2ncn(C)c12. The number of aryl methyl sites for hydroxylation is 2. The van der Waals surface area contributed by atoms with Gasteiger partial charge in [-0.3, -0.25) is 9.78 Å². The molecule has 4 aromatic rings. The van der Waals surface area contributed by atoms with Gasteiger partial charge in [0.15, 0.2) is 11.5 Å².